The fraction of sp³-hybridized carbons (Fsp3) is 0.182. The van der Waals surface area contributed by atoms with E-state index >= 15 is 0 Å². The maximum atomic E-state index is 13.3. The number of benzene rings is 4. The summed E-state index contributed by atoms with van der Waals surface area (Å²) in [6.45, 7) is 1.36. The number of rotatable bonds is 9. The van der Waals surface area contributed by atoms with E-state index < -0.39 is 12.0 Å². The molecule has 0 spiro atoms. The highest BCUT2D eigenvalue weighted by Gasteiger charge is 2.30. The van der Waals surface area contributed by atoms with Crippen LogP contribution in [-0.4, -0.2) is 34.0 Å². The average Bonchev–Trinajstić information content (AvgIpc) is 3.24. The Hall–Kier alpha value is -4.62. The lowest BCUT2D eigenvalue weighted by atomic mass is 9.90. The van der Waals surface area contributed by atoms with Crippen molar-refractivity contribution in [3.8, 4) is 28.0 Å². The zero-order valence-electron chi connectivity index (χ0n) is 22.4. The van der Waals surface area contributed by atoms with Crippen molar-refractivity contribution in [3.63, 3.8) is 0 Å². The number of carboxylic acids is 1. The van der Waals surface area contributed by atoms with Gasteiger partial charge in [-0.2, -0.15) is 0 Å². The lowest BCUT2D eigenvalue weighted by molar-refractivity contribution is -0.137. The Bertz CT molecular complexity index is 1630. The normalized spacial score (nSPS) is 14.0. The summed E-state index contributed by atoms with van der Waals surface area (Å²) >= 11 is 6.23. The topological polar surface area (TPSA) is 116 Å². The minimum Gasteiger partial charge on any atom is -0.508 e. The number of phenolic OH excluding ortho intramolecular Hbond substituents is 1. The number of carboxylic acid groups (broad SMARTS) is 1. The molecule has 0 aromatic heterocycles. The summed E-state index contributed by atoms with van der Waals surface area (Å²) in [6.07, 6.45) is 0.648. The molecule has 1 aliphatic rings. The Labute approximate surface area is 242 Å². The van der Waals surface area contributed by atoms with E-state index in [4.69, 9.17) is 11.6 Å². The highest BCUT2D eigenvalue weighted by Crippen LogP contribution is 2.49. The molecule has 0 saturated heterocycles. The first kappa shape index (κ1) is 27.9. The molecule has 2 amide bonds. The van der Waals surface area contributed by atoms with Crippen LogP contribution >= 0.6 is 11.6 Å². The number of hydrogen-bond acceptors (Lipinski definition) is 4. The van der Waals surface area contributed by atoms with Crippen LogP contribution in [0.3, 0.4) is 0 Å². The number of aromatic hydroxyl groups is 1. The second-order valence-corrected chi connectivity index (χ2v) is 10.6. The highest BCUT2D eigenvalue weighted by atomic mass is 35.5. The van der Waals surface area contributed by atoms with Gasteiger partial charge in [0.15, 0.2) is 0 Å². The minimum atomic E-state index is -0.872. The molecule has 4 N–H and O–H groups in total. The summed E-state index contributed by atoms with van der Waals surface area (Å²) in [6, 6.07) is 25.1. The molecule has 0 saturated carbocycles. The summed E-state index contributed by atoms with van der Waals surface area (Å²) in [7, 11) is 0. The van der Waals surface area contributed by atoms with Crippen LogP contribution in [0, 0.1) is 0 Å². The number of carbonyl (C=O) groups is 3. The van der Waals surface area contributed by atoms with Gasteiger partial charge >= 0.3 is 5.97 Å². The largest absolute Gasteiger partial charge is 0.508 e. The van der Waals surface area contributed by atoms with Crippen molar-refractivity contribution in [1.29, 1.82) is 0 Å². The van der Waals surface area contributed by atoms with Gasteiger partial charge in [-0.25, -0.2) is 0 Å². The molecule has 2 atom stereocenters. The van der Waals surface area contributed by atoms with E-state index in [1.165, 1.54) is 19.1 Å². The van der Waals surface area contributed by atoms with Gasteiger partial charge in [0.2, 0.25) is 11.8 Å². The third-order valence-corrected chi connectivity index (χ3v) is 7.52. The molecule has 0 heterocycles. The number of aliphatic carboxylic acids is 1. The molecule has 0 bridgehead atoms. The number of anilines is 1. The molecule has 41 heavy (non-hydrogen) atoms. The maximum Gasteiger partial charge on any atom is 0.303 e. The average molecular weight is 569 g/mol. The lowest BCUT2D eigenvalue weighted by Crippen LogP contribution is -2.44. The van der Waals surface area contributed by atoms with Gasteiger partial charge in [-0.15, -0.1) is 0 Å². The highest BCUT2D eigenvalue weighted by molar-refractivity contribution is 6.30. The van der Waals surface area contributed by atoms with Crippen LogP contribution in [0.2, 0.25) is 5.02 Å². The number of carbonyl (C=O) groups excluding carboxylic acids is 2. The number of fused-ring (bicyclic) bond motifs is 3. The van der Waals surface area contributed by atoms with Crippen LogP contribution in [-0.2, 0) is 20.8 Å². The predicted molar refractivity (Wildman–Crippen MR) is 159 cm³/mol. The smallest absolute Gasteiger partial charge is 0.303 e. The Morgan fingerprint density at radius 2 is 1.56 bits per heavy atom. The molecular formula is C33H29ClN2O5. The molecule has 4 aromatic rings. The van der Waals surface area contributed by atoms with Gasteiger partial charge in [-0.05, 0) is 87.8 Å². The number of hydrogen-bond donors (Lipinski definition) is 4. The fourth-order valence-electron chi connectivity index (χ4n) is 5.42. The van der Waals surface area contributed by atoms with Gasteiger partial charge < -0.3 is 20.8 Å². The van der Waals surface area contributed by atoms with E-state index in [1.807, 2.05) is 54.6 Å². The van der Waals surface area contributed by atoms with Crippen LogP contribution in [0.1, 0.15) is 42.4 Å². The summed E-state index contributed by atoms with van der Waals surface area (Å²) in [5, 5.41) is 25.3. The van der Waals surface area contributed by atoms with Crippen LogP contribution in [0.5, 0.6) is 5.75 Å². The predicted octanol–water partition coefficient (Wildman–Crippen LogP) is 6.38. The van der Waals surface area contributed by atoms with E-state index in [9.17, 15) is 24.6 Å². The molecule has 1 aliphatic carbocycles. The second kappa shape index (κ2) is 11.9. The number of phenols is 1. The molecule has 7 nitrogen and oxygen atoms in total. The monoisotopic (exact) mass is 568 g/mol. The Kier molecular flexibility index (Phi) is 8.08. The standard InChI is InChI=1S/C33H29ClN2O5/c1-19(37)35-31(15-20-5-9-25(38)10-6-20)33(41)36-24-8-12-27-26-11-7-22(21-3-2-4-23(34)16-21)17-29(26)28(30(27)18-24)13-14-32(39)40/h2-12,16-18,28,31,38H,13-15H2,1H3,(H,35,37)(H,36,41)(H,39,40). The molecule has 8 heteroatoms. The zero-order valence-corrected chi connectivity index (χ0v) is 23.1. The van der Waals surface area contributed by atoms with Crippen LogP contribution in [0.4, 0.5) is 5.69 Å². The van der Waals surface area contributed by atoms with Gasteiger partial charge in [-0.1, -0.05) is 54.1 Å². The Balaban J connectivity index is 1.44. The van der Waals surface area contributed by atoms with Crippen LogP contribution < -0.4 is 10.6 Å². The summed E-state index contributed by atoms with van der Waals surface area (Å²) in [5.41, 5.74) is 7.29. The van der Waals surface area contributed by atoms with Crippen LogP contribution in [0.25, 0.3) is 22.3 Å². The zero-order chi connectivity index (χ0) is 29.1. The molecular weight excluding hydrogens is 540 g/mol. The first-order valence-corrected chi connectivity index (χ1v) is 13.7. The van der Waals surface area contributed by atoms with Crippen molar-refractivity contribution in [3.05, 3.63) is 107 Å². The molecule has 2 unspecified atom stereocenters. The van der Waals surface area contributed by atoms with Crippen molar-refractivity contribution in [2.75, 3.05) is 5.32 Å². The molecule has 0 radical (unpaired) electrons. The van der Waals surface area contributed by atoms with E-state index in [1.54, 1.807) is 12.1 Å². The number of amides is 2. The summed E-state index contributed by atoms with van der Waals surface area (Å²) in [5.74, 6) is -1.64. The van der Waals surface area contributed by atoms with E-state index in [2.05, 4.69) is 16.7 Å². The SMILES string of the molecule is CC(=O)NC(Cc1ccc(O)cc1)C(=O)Nc1ccc2c(c1)C(CCC(=O)O)c1cc(-c3cccc(Cl)c3)ccc1-2. The third kappa shape index (κ3) is 6.42. The van der Waals surface area contributed by atoms with E-state index in [0.29, 0.717) is 17.1 Å². The molecule has 4 aromatic carbocycles. The molecule has 208 valence electrons. The van der Waals surface area contributed by atoms with Gasteiger partial charge in [0.1, 0.15) is 11.8 Å². The number of halogens is 1. The van der Waals surface area contributed by atoms with Gasteiger partial charge in [0, 0.05) is 36.4 Å². The van der Waals surface area contributed by atoms with E-state index in [0.717, 1.165) is 38.9 Å². The van der Waals surface area contributed by atoms with Crippen molar-refractivity contribution in [1.82, 2.24) is 5.32 Å². The first-order chi connectivity index (χ1) is 19.7. The first-order valence-electron chi connectivity index (χ1n) is 13.3. The maximum absolute atomic E-state index is 13.3. The fourth-order valence-corrected chi connectivity index (χ4v) is 5.61. The Morgan fingerprint density at radius 1 is 0.878 bits per heavy atom. The quantitative estimate of drug-likeness (QED) is 0.187. The summed E-state index contributed by atoms with van der Waals surface area (Å²) in [4.78, 5) is 36.7. The molecule has 0 fully saturated rings. The minimum absolute atomic E-state index is 0.00123. The Morgan fingerprint density at radius 3 is 2.24 bits per heavy atom. The van der Waals surface area contributed by atoms with Crippen molar-refractivity contribution in [2.24, 2.45) is 0 Å². The van der Waals surface area contributed by atoms with Gasteiger partial charge in [-0.3, -0.25) is 14.4 Å². The van der Waals surface area contributed by atoms with Crippen molar-refractivity contribution in [2.45, 2.75) is 38.1 Å². The number of nitrogens with one attached hydrogen (secondary N) is 2. The molecule has 5 rings (SSSR count). The van der Waals surface area contributed by atoms with Crippen molar-refractivity contribution >= 4 is 35.1 Å². The third-order valence-electron chi connectivity index (χ3n) is 7.29. The lowest BCUT2D eigenvalue weighted by Gasteiger charge is -2.19. The molecule has 0 aliphatic heterocycles. The second-order valence-electron chi connectivity index (χ2n) is 10.2. The van der Waals surface area contributed by atoms with Crippen LogP contribution in [0.15, 0.2) is 84.9 Å². The van der Waals surface area contributed by atoms with E-state index in [-0.39, 0.29) is 36.3 Å². The van der Waals surface area contributed by atoms with Gasteiger partial charge in [0.05, 0.1) is 0 Å². The summed E-state index contributed by atoms with van der Waals surface area (Å²) < 4.78 is 0. The van der Waals surface area contributed by atoms with Gasteiger partial charge in [0.25, 0.3) is 0 Å². The van der Waals surface area contributed by atoms with Crippen molar-refractivity contribution < 1.29 is 24.6 Å².